The zero-order chi connectivity index (χ0) is 17.8. The number of thioether (sulfide) groups is 1. The van der Waals surface area contributed by atoms with Crippen molar-refractivity contribution in [1.82, 2.24) is 0 Å². The second-order valence-electron chi connectivity index (χ2n) is 5.71. The first-order valence-corrected chi connectivity index (χ1v) is 8.84. The number of carbonyl (C=O) groups excluding carboxylic acids is 1. The molecular formula is C20H19NO3S. The van der Waals surface area contributed by atoms with Gasteiger partial charge in [-0.2, -0.15) is 0 Å². The Balaban J connectivity index is 1.98. The van der Waals surface area contributed by atoms with Crippen LogP contribution in [0.15, 0.2) is 70.9 Å². The van der Waals surface area contributed by atoms with Crippen molar-refractivity contribution in [2.24, 2.45) is 4.99 Å². The van der Waals surface area contributed by atoms with Crippen molar-refractivity contribution in [2.75, 3.05) is 7.11 Å². The number of aliphatic imine (C=N–C) groups is 1. The number of ketones is 1. The molecule has 1 aliphatic rings. The number of nitrogens with zero attached hydrogens (tertiary/aromatic N) is 1. The Hall–Kier alpha value is -2.53. The molecule has 3 rings (SSSR count). The Morgan fingerprint density at radius 1 is 1.16 bits per heavy atom. The van der Waals surface area contributed by atoms with Crippen LogP contribution >= 0.6 is 11.8 Å². The van der Waals surface area contributed by atoms with Gasteiger partial charge in [-0.05, 0) is 36.8 Å². The quantitative estimate of drug-likeness (QED) is 0.840. The molecule has 5 heteroatoms. The summed E-state index contributed by atoms with van der Waals surface area (Å²) < 4.78 is 5.19. The lowest BCUT2D eigenvalue weighted by Crippen LogP contribution is -2.18. The summed E-state index contributed by atoms with van der Waals surface area (Å²) in [5, 5.41) is 11.0. The van der Waals surface area contributed by atoms with E-state index in [1.165, 1.54) is 18.7 Å². The van der Waals surface area contributed by atoms with Crippen LogP contribution in [0.2, 0.25) is 0 Å². The summed E-state index contributed by atoms with van der Waals surface area (Å²) in [6.45, 7) is 1.46. The van der Waals surface area contributed by atoms with Crippen LogP contribution in [-0.2, 0) is 4.79 Å². The van der Waals surface area contributed by atoms with Crippen molar-refractivity contribution < 1.29 is 14.6 Å². The van der Waals surface area contributed by atoms with E-state index in [-0.39, 0.29) is 16.8 Å². The lowest BCUT2D eigenvalue weighted by molar-refractivity contribution is -0.113. The molecule has 1 N–H and O–H groups in total. The number of para-hydroxylation sites is 1. The number of carbonyl (C=O) groups is 1. The summed E-state index contributed by atoms with van der Waals surface area (Å²) in [7, 11) is 1.63. The van der Waals surface area contributed by atoms with Gasteiger partial charge in [0.25, 0.3) is 0 Å². The first kappa shape index (κ1) is 17.3. The van der Waals surface area contributed by atoms with E-state index in [2.05, 4.69) is 4.99 Å². The van der Waals surface area contributed by atoms with Crippen LogP contribution in [0.4, 0.5) is 5.69 Å². The molecule has 1 unspecified atom stereocenters. The average Bonchev–Trinajstić information content (AvgIpc) is 2.62. The van der Waals surface area contributed by atoms with Crippen molar-refractivity contribution in [3.8, 4) is 5.75 Å². The fraction of sp³-hybridized carbons (Fsp3) is 0.200. The molecule has 25 heavy (non-hydrogen) atoms. The molecule has 128 valence electrons. The molecule has 4 nitrogen and oxygen atoms in total. The van der Waals surface area contributed by atoms with Gasteiger partial charge < -0.3 is 9.84 Å². The fourth-order valence-electron chi connectivity index (χ4n) is 2.70. The molecule has 0 amide bonds. The molecule has 2 aromatic carbocycles. The summed E-state index contributed by atoms with van der Waals surface area (Å²) in [5.74, 6) is 0.710. The maximum absolute atomic E-state index is 12.0. The molecular weight excluding hydrogens is 334 g/mol. The number of hydrogen-bond acceptors (Lipinski definition) is 5. The molecule has 1 atom stereocenters. The number of hydrogen-bond donors (Lipinski definition) is 1. The van der Waals surface area contributed by atoms with Crippen LogP contribution in [0.3, 0.4) is 0 Å². The SMILES string of the molecule is COc1ccc(C2CC(O)=C(C(C)=O)C(=Nc3ccccc3)S2)cc1. The summed E-state index contributed by atoms with van der Waals surface area (Å²) in [5.41, 5.74) is 2.13. The van der Waals surface area contributed by atoms with Gasteiger partial charge in [-0.25, -0.2) is 4.99 Å². The third kappa shape index (κ3) is 3.94. The molecule has 1 heterocycles. The van der Waals surface area contributed by atoms with Crippen molar-refractivity contribution in [3.63, 3.8) is 0 Å². The highest BCUT2D eigenvalue weighted by molar-refractivity contribution is 8.14. The van der Waals surface area contributed by atoms with Gasteiger partial charge in [-0.1, -0.05) is 42.1 Å². The predicted molar refractivity (Wildman–Crippen MR) is 102 cm³/mol. The number of Topliss-reactive ketones (excluding diaryl/α,β-unsaturated/α-hetero) is 1. The monoisotopic (exact) mass is 353 g/mol. The van der Waals surface area contributed by atoms with E-state index in [4.69, 9.17) is 4.74 Å². The summed E-state index contributed by atoms with van der Waals surface area (Å²) in [6, 6.07) is 17.2. The van der Waals surface area contributed by atoms with Gasteiger partial charge in [0.1, 0.15) is 16.6 Å². The molecule has 0 radical (unpaired) electrons. The third-order valence-electron chi connectivity index (χ3n) is 3.96. The number of rotatable bonds is 4. The topological polar surface area (TPSA) is 58.9 Å². The predicted octanol–water partition coefficient (Wildman–Crippen LogP) is 5.00. The first-order chi connectivity index (χ1) is 12.1. The van der Waals surface area contributed by atoms with Crippen LogP contribution in [0.25, 0.3) is 0 Å². The van der Waals surface area contributed by atoms with Gasteiger partial charge in [0.05, 0.1) is 18.4 Å². The largest absolute Gasteiger partial charge is 0.511 e. The second kappa shape index (κ2) is 7.57. The zero-order valence-corrected chi connectivity index (χ0v) is 14.9. The number of ether oxygens (including phenoxy) is 1. The van der Waals surface area contributed by atoms with E-state index < -0.39 is 0 Å². The van der Waals surface area contributed by atoms with Gasteiger partial charge in [-0.15, -0.1) is 0 Å². The highest BCUT2D eigenvalue weighted by Crippen LogP contribution is 2.43. The van der Waals surface area contributed by atoms with Crippen LogP contribution in [0.1, 0.15) is 24.2 Å². The van der Waals surface area contributed by atoms with Gasteiger partial charge in [0.2, 0.25) is 0 Å². The van der Waals surface area contributed by atoms with Gasteiger partial charge in [0, 0.05) is 11.7 Å². The maximum atomic E-state index is 12.0. The van der Waals surface area contributed by atoms with Crippen molar-refractivity contribution >= 4 is 28.3 Å². The normalized spacial score (nSPS) is 19.1. The minimum atomic E-state index is -0.173. The highest BCUT2D eigenvalue weighted by atomic mass is 32.2. The summed E-state index contributed by atoms with van der Waals surface area (Å²) in [4.78, 5) is 16.6. The number of aliphatic hydroxyl groups is 1. The minimum Gasteiger partial charge on any atom is -0.511 e. The van der Waals surface area contributed by atoms with Crippen LogP contribution in [0, 0.1) is 0 Å². The zero-order valence-electron chi connectivity index (χ0n) is 14.1. The smallest absolute Gasteiger partial charge is 0.165 e. The fourth-order valence-corrected chi connectivity index (χ4v) is 4.04. The molecule has 0 spiro atoms. The second-order valence-corrected chi connectivity index (χ2v) is 6.91. The van der Waals surface area contributed by atoms with E-state index in [0.717, 1.165) is 17.0 Å². The van der Waals surface area contributed by atoms with Gasteiger partial charge >= 0.3 is 0 Å². The Bertz CT molecular complexity index is 826. The molecule has 0 bridgehead atoms. The van der Waals surface area contributed by atoms with Crippen molar-refractivity contribution in [2.45, 2.75) is 18.6 Å². The maximum Gasteiger partial charge on any atom is 0.165 e. The van der Waals surface area contributed by atoms with E-state index in [9.17, 15) is 9.90 Å². The van der Waals surface area contributed by atoms with E-state index >= 15 is 0 Å². The molecule has 1 aliphatic heterocycles. The summed E-state index contributed by atoms with van der Waals surface area (Å²) in [6.07, 6.45) is 0.402. The Morgan fingerprint density at radius 2 is 1.84 bits per heavy atom. The molecule has 0 fully saturated rings. The molecule has 0 saturated carbocycles. The Morgan fingerprint density at radius 3 is 2.44 bits per heavy atom. The average molecular weight is 353 g/mol. The highest BCUT2D eigenvalue weighted by Gasteiger charge is 2.30. The van der Waals surface area contributed by atoms with Crippen molar-refractivity contribution in [3.05, 3.63) is 71.5 Å². The standard InChI is InChI=1S/C20H19NO3S/c1-13(22)19-17(23)12-18(14-8-10-16(24-2)11-9-14)25-20(19)21-15-6-4-3-5-7-15/h3-11,18,23H,12H2,1-2H3. The molecule has 0 aliphatic carbocycles. The Kier molecular flexibility index (Phi) is 5.24. The van der Waals surface area contributed by atoms with Crippen LogP contribution in [-0.4, -0.2) is 23.0 Å². The number of benzene rings is 2. The van der Waals surface area contributed by atoms with Gasteiger partial charge in [0.15, 0.2) is 5.78 Å². The van der Waals surface area contributed by atoms with Crippen LogP contribution in [0.5, 0.6) is 5.75 Å². The first-order valence-electron chi connectivity index (χ1n) is 7.96. The lowest BCUT2D eigenvalue weighted by atomic mass is 10.0. The van der Waals surface area contributed by atoms with Crippen LogP contribution < -0.4 is 4.74 Å². The summed E-state index contributed by atoms with van der Waals surface area (Å²) >= 11 is 1.50. The van der Waals surface area contributed by atoms with E-state index in [1.807, 2.05) is 54.6 Å². The molecule has 0 saturated heterocycles. The van der Waals surface area contributed by atoms with Crippen molar-refractivity contribution in [1.29, 1.82) is 0 Å². The number of allylic oxidation sites excluding steroid dienone is 1. The van der Waals surface area contributed by atoms with E-state index in [0.29, 0.717) is 17.0 Å². The lowest BCUT2D eigenvalue weighted by Gasteiger charge is -2.25. The molecule has 0 aromatic heterocycles. The minimum absolute atomic E-state index is 0.00327. The number of methoxy groups -OCH3 is 1. The number of aliphatic hydroxyl groups excluding tert-OH is 1. The molecule has 2 aromatic rings. The Labute approximate surface area is 151 Å². The third-order valence-corrected chi connectivity index (χ3v) is 5.20. The van der Waals surface area contributed by atoms with E-state index in [1.54, 1.807) is 7.11 Å². The van der Waals surface area contributed by atoms with Gasteiger partial charge in [-0.3, -0.25) is 4.79 Å².